The van der Waals surface area contributed by atoms with E-state index < -0.39 is 10.0 Å². The van der Waals surface area contributed by atoms with E-state index in [2.05, 4.69) is 5.32 Å². The number of amides is 1. The van der Waals surface area contributed by atoms with Crippen LogP contribution in [-0.2, 0) is 10.0 Å². The number of anilines is 1. The van der Waals surface area contributed by atoms with E-state index in [-0.39, 0.29) is 16.8 Å². The normalized spacial score (nSPS) is 14.8. The Balaban J connectivity index is 1.55. The molecule has 1 aliphatic carbocycles. The summed E-state index contributed by atoms with van der Waals surface area (Å²) in [6, 6.07) is 17.4. The summed E-state index contributed by atoms with van der Waals surface area (Å²) in [6.45, 7) is 0. The molecule has 31 heavy (non-hydrogen) atoms. The van der Waals surface area contributed by atoms with Gasteiger partial charge in [0.05, 0.1) is 12.0 Å². The number of carbonyl (C=O) groups excluding carboxylic acids is 1. The molecule has 1 aliphatic rings. The van der Waals surface area contributed by atoms with Crippen molar-refractivity contribution in [1.82, 2.24) is 4.31 Å². The number of methoxy groups -OCH3 is 1. The molecular formula is C24H26N2O4S. The summed E-state index contributed by atoms with van der Waals surface area (Å²) in [5.41, 5.74) is 1.06. The van der Waals surface area contributed by atoms with Crippen molar-refractivity contribution in [3.05, 3.63) is 66.2 Å². The van der Waals surface area contributed by atoms with E-state index in [1.165, 1.54) is 16.4 Å². The smallest absolute Gasteiger partial charge is 0.255 e. The van der Waals surface area contributed by atoms with E-state index in [4.69, 9.17) is 4.74 Å². The maximum Gasteiger partial charge on any atom is 0.255 e. The fourth-order valence-corrected chi connectivity index (χ4v) is 5.58. The van der Waals surface area contributed by atoms with Gasteiger partial charge in [-0.05, 0) is 49.2 Å². The average Bonchev–Trinajstić information content (AvgIpc) is 3.33. The lowest BCUT2D eigenvalue weighted by molar-refractivity contribution is 0.102. The zero-order valence-corrected chi connectivity index (χ0v) is 18.5. The van der Waals surface area contributed by atoms with Gasteiger partial charge in [0.15, 0.2) is 0 Å². The zero-order chi connectivity index (χ0) is 22.0. The maximum absolute atomic E-state index is 12.9. The summed E-state index contributed by atoms with van der Waals surface area (Å²) in [5, 5.41) is 4.69. The minimum Gasteiger partial charge on any atom is -0.496 e. The Morgan fingerprint density at radius 3 is 2.26 bits per heavy atom. The number of ether oxygens (including phenoxy) is 1. The molecule has 3 aromatic carbocycles. The van der Waals surface area contributed by atoms with E-state index in [1.807, 2.05) is 30.3 Å². The van der Waals surface area contributed by atoms with Crippen molar-refractivity contribution < 1.29 is 17.9 Å². The highest BCUT2D eigenvalue weighted by Gasteiger charge is 2.30. The third-order valence-corrected chi connectivity index (χ3v) is 7.91. The van der Waals surface area contributed by atoms with Crippen LogP contribution in [0.5, 0.6) is 5.75 Å². The van der Waals surface area contributed by atoms with Crippen molar-refractivity contribution in [2.75, 3.05) is 19.5 Å². The number of hydrogen-bond acceptors (Lipinski definition) is 4. The summed E-state index contributed by atoms with van der Waals surface area (Å²) in [4.78, 5) is 13.0. The molecule has 0 bridgehead atoms. The van der Waals surface area contributed by atoms with Crippen LogP contribution in [0, 0.1) is 0 Å². The van der Waals surface area contributed by atoms with Gasteiger partial charge in [-0.2, -0.15) is 4.31 Å². The summed E-state index contributed by atoms with van der Waals surface area (Å²) < 4.78 is 32.7. The Labute approximate surface area is 182 Å². The summed E-state index contributed by atoms with van der Waals surface area (Å²) in [6.07, 6.45) is 3.91. The lowest BCUT2D eigenvalue weighted by atomic mass is 10.1. The number of rotatable bonds is 6. The first-order valence-electron chi connectivity index (χ1n) is 10.4. The number of nitrogens with one attached hydrogen (secondary N) is 1. The van der Waals surface area contributed by atoms with Gasteiger partial charge in [0, 0.05) is 35.1 Å². The second-order valence-electron chi connectivity index (χ2n) is 7.80. The first-order valence-corrected chi connectivity index (χ1v) is 11.8. The predicted molar refractivity (Wildman–Crippen MR) is 122 cm³/mol. The van der Waals surface area contributed by atoms with Crippen LogP contribution < -0.4 is 10.1 Å². The SMILES string of the molecule is COc1ccc(NC(=O)c2ccc(S(=O)(=O)N(C)C3CCCC3)cc2)c2ccccc12. The number of sulfonamides is 1. The van der Waals surface area contributed by atoms with Crippen LogP contribution in [0.3, 0.4) is 0 Å². The fraction of sp³-hybridized carbons (Fsp3) is 0.292. The molecule has 0 unspecified atom stereocenters. The number of nitrogens with zero attached hydrogens (tertiary/aromatic N) is 1. The summed E-state index contributed by atoms with van der Waals surface area (Å²) >= 11 is 0. The van der Waals surface area contributed by atoms with E-state index in [1.54, 1.807) is 32.4 Å². The van der Waals surface area contributed by atoms with E-state index >= 15 is 0 Å². The molecule has 6 nitrogen and oxygen atoms in total. The van der Waals surface area contributed by atoms with Gasteiger partial charge >= 0.3 is 0 Å². The highest BCUT2D eigenvalue weighted by molar-refractivity contribution is 7.89. The number of fused-ring (bicyclic) bond motifs is 1. The van der Waals surface area contributed by atoms with Gasteiger partial charge in [0.25, 0.3) is 5.91 Å². The second kappa shape index (κ2) is 8.69. The minimum absolute atomic E-state index is 0.0522. The highest BCUT2D eigenvalue weighted by Crippen LogP contribution is 2.32. The highest BCUT2D eigenvalue weighted by atomic mass is 32.2. The van der Waals surface area contributed by atoms with Gasteiger partial charge < -0.3 is 10.1 Å². The van der Waals surface area contributed by atoms with Gasteiger partial charge in [0.1, 0.15) is 5.75 Å². The summed E-state index contributed by atoms with van der Waals surface area (Å²) in [7, 11) is -0.322. The Bertz CT molecular complexity index is 1200. The lowest BCUT2D eigenvalue weighted by Gasteiger charge is -2.23. The molecule has 0 aliphatic heterocycles. The molecule has 0 atom stereocenters. The third kappa shape index (κ3) is 4.16. The number of carbonyl (C=O) groups is 1. The molecule has 0 aromatic heterocycles. The van der Waals surface area contributed by atoms with Crippen LogP contribution in [-0.4, -0.2) is 38.8 Å². The molecule has 0 heterocycles. The van der Waals surface area contributed by atoms with E-state index in [9.17, 15) is 13.2 Å². The summed E-state index contributed by atoms with van der Waals surface area (Å²) in [5.74, 6) is 0.429. The number of hydrogen-bond donors (Lipinski definition) is 1. The van der Waals surface area contributed by atoms with Crippen LogP contribution in [0.15, 0.2) is 65.6 Å². The van der Waals surface area contributed by atoms with Crippen molar-refractivity contribution in [3.63, 3.8) is 0 Å². The van der Waals surface area contributed by atoms with Crippen LogP contribution in [0.4, 0.5) is 5.69 Å². The predicted octanol–water partition coefficient (Wildman–Crippen LogP) is 4.66. The van der Waals surface area contributed by atoms with Crippen LogP contribution in [0.1, 0.15) is 36.0 Å². The maximum atomic E-state index is 12.9. The van der Waals surface area contributed by atoms with Crippen LogP contribution in [0.25, 0.3) is 10.8 Å². The number of benzene rings is 3. The Morgan fingerprint density at radius 1 is 0.968 bits per heavy atom. The van der Waals surface area contributed by atoms with Gasteiger partial charge in [-0.15, -0.1) is 0 Å². The first kappa shape index (κ1) is 21.3. The van der Waals surface area contributed by atoms with E-state index in [0.717, 1.165) is 42.2 Å². The molecule has 1 fully saturated rings. The Kier molecular flexibility index (Phi) is 5.98. The molecule has 162 valence electrons. The first-order chi connectivity index (χ1) is 14.9. The third-order valence-electron chi connectivity index (χ3n) is 5.98. The van der Waals surface area contributed by atoms with E-state index in [0.29, 0.717) is 11.3 Å². The quantitative estimate of drug-likeness (QED) is 0.607. The Morgan fingerprint density at radius 2 is 1.61 bits per heavy atom. The van der Waals surface area contributed by atoms with Crippen molar-refractivity contribution in [1.29, 1.82) is 0 Å². The lowest BCUT2D eigenvalue weighted by Crippen LogP contribution is -2.35. The van der Waals surface area contributed by atoms with Crippen molar-refractivity contribution >= 4 is 32.4 Å². The van der Waals surface area contributed by atoms with Gasteiger partial charge in [-0.1, -0.05) is 37.1 Å². The van der Waals surface area contributed by atoms with Crippen molar-refractivity contribution in [2.24, 2.45) is 0 Å². The molecule has 4 rings (SSSR count). The molecule has 3 aromatic rings. The fourth-order valence-electron chi connectivity index (χ4n) is 4.16. The van der Waals surface area contributed by atoms with Gasteiger partial charge in [-0.25, -0.2) is 8.42 Å². The molecule has 0 spiro atoms. The monoisotopic (exact) mass is 438 g/mol. The standard InChI is InChI=1S/C24H26N2O4S/c1-26(18-7-3-4-8-18)31(28,29)19-13-11-17(12-14-19)24(27)25-22-15-16-23(30-2)21-10-6-5-9-20(21)22/h5-6,9-16,18H,3-4,7-8H2,1-2H3,(H,25,27). The average molecular weight is 439 g/mol. The second-order valence-corrected chi connectivity index (χ2v) is 9.80. The topological polar surface area (TPSA) is 75.7 Å². The van der Waals surface area contributed by atoms with Gasteiger partial charge in [0.2, 0.25) is 10.0 Å². The molecule has 0 saturated heterocycles. The molecule has 0 radical (unpaired) electrons. The largest absolute Gasteiger partial charge is 0.496 e. The molecular weight excluding hydrogens is 412 g/mol. The van der Waals surface area contributed by atoms with Crippen molar-refractivity contribution in [2.45, 2.75) is 36.6 Å². The molecule has 1 saturated carbocycles. The molecule has 7 heteroatoms. The molecule has 1 amide bonds. The van der Waals surface area contributed by atoms with Gasteiger partial charge in [-0.3, -0.25) is 4.79 Å². The van der Waals surface area contributed by atoms with Crippen molar-refractivity contribution in [3.8, 4) is 5.75 Å². The van der Waals surface area contributed by atoms with Crippen LogP contribution >= 0.6 is 0 Å². The Hall–Kier alpha value is -2.90. The van der Waals surface area contributed by atoms with Crippen LogP contribution in [0.2, 0.25) is 0 Å². The minimum atomic E-state index is -3.57. The zero-order valence-electron chi connectivity index (χ0n) is 17.7. The molecule has 1 N–H and O–H groups in total.